The van der Waals surface area contributed by atoms with Crippen LogP contribution in [0.2, 0.25) is 0 Å². The molecule has 0 saturated carbocycles. The highest BCUT2D eigenvalue weighted by atomic mass is 32.2. The van der Waals surface area contributed by atoms with E-state index in [1.807, 2.05) is 30.3 Å². The summed E-state index contributed by atoms with van der Waals surface area (Å²) in [5, 5.41) is 8.99. The van der Waals surface area contributed by atoms with Crippen molar-refractivity contribution in [2.24, 2.45) is 0 Å². The number of hydrogen-bond acceptors (Lipinski definition) is 4. The average molecular weight is 281 g/mol. The molecule has 5 nitrogen and oxygen atoms in total. The van der Waals surface area contributed by atoms with Crippen molar-refractivity contribution < 1.29 is 19.4 Å². The number of benzene rings is 1. The molecule has 6 heteroatoms. The minimum Gasteiger partial charge on any atom is -0.480 e. The van der Waals surface area contributed by atoms with E-state index in [4.69, 9.17) is 9.84 Å². The van der Waals surface area contributed by atoms with Crippen LogP contribution in [0.25, 0.3) is 0 Å². The molecular weight excluding hydrogens is 266 g/mol. The minimum absolute atomic E-state index is 0.0841. The van der Waals surface area contributed by atoms with E-state index < -0.39 is 12.0 Å². The first kappa shape index (κ1) is 13.9. The second-order valence-corrected chi connectivity index (χ2v) is 5.20. The van der Waals surface area contributed by atoms with Gasteiger partial charge in [0.25, 0.3) is 0 Å². The highest BCUT2D eigenvalue weighted by Crippen LogP contribution is 2.21. The van der Waals surface area contributed by atoms with E-state index >= 15 is 0 Å². The monoisotopic (exact) mass is 281 g/mol. The summed E-state index contributed by atoms with van der Waals surface area (Å²) in [6, 6.07) is 8.81. The van der Waals surface area contributed by atoms with Crippen molar-refractivity contribution in [1.29, 1.82) is 0 Å². The van der Waals surface area contributed by atoms with Crippen molar-refractivity contribution in [2.75, 3.05) is 18.2 Å². The minimum atomic E-state index is -0.957. The van der Waals surface area contributed by atoms with Gasteiger partial charge >= 0.3 is 5.97 Å². The third-order valence-electron chi connectivity index (χ3n) is 2.82. The number of carboxylic acid groups (broad SMARTS) is 1. The molecule has 2 rings (SSSR count). The first-order valence-electron chi connectivity index (χ1n) is 5.90. The largest absolute Gasteiger partial charge is 0.480 e. The summed E-state index contributed by atoms with van der Waals surface area (Å²) in [6.07, 6.45) is 0. The lowest BCUT2D eigenvalue weighted by molar-refractivity contribution is -0.149. The zero-order chi connectivity index (χ0) is 13.7. The first-order valence-corrected chi connectivity index (χ1v) is 7.05. The average Bonchev–Trinajstić information content (AvgIpc) is 2.89. The Morgan fingerprint density at radius 2 is 2.11 bits per heavy atom. The molecule has 0 radical (unpaired) electrons. The summed E-state index contributed by atoms with van der Waals surface area (Å²) >= 11 is 1.45. The molecule has 1 fully saturated rings. The van der Waals surface area contributed by atoms with Gasteiger partial charge in [0.2, 0.25) is 5.91 Å². The molecule has 0 aromatic heterocycles. The lowest BCUT2D eigenvalue weighted by atomic mass is 10.2. The van der Waals surface area contributed by atoms with E-state index in [0.717, 1.165) is 5.56 Å². The molecule has 0 spiro atoms. The quantitative estimate of drug-likeness (QED) is 0.878. The van der Waals surface area contributed by atoms with Crippen LogP contribution in [0.3, 0.4) is 0 Å². The number of thioether (sulfide) groups is 1. The fraction of sp³-hybridized carbons (Fsp3) is 0.385. The van der Waals surface area contributed by atoms with Crippen LogP contribution >= 0.6 is 11.8 Å². The number of carboxylic acids is 1. The molecule has 1 aliphatic heterocycles. The molecular formula is C13H15NO4S. The molecule has 1 unspecified atom stereocenters. The van der Waals surface area contributed by atoms with E-state index in [1.165, 1.54) is 16.7 Å². The third-order valence-corrected chi connectivity index (χ3v) is 3.84. The van der Waals surface area contributed by atoms with Gasteiger partial charge in [-0.3, -0.25) is 4.79 Å². The summed E-state index contributed by atoms with van der Waals surface area (Å²) in [4.78, 5) is 24.2. The third kappa shape index (κ3) is 3.71. The molecule has 1 heterocycles. The zero-order valence-electron chi connectivity index (χ0n) is 10.3. The normalized spacial score (nSPS) is 18.5. The molecule has 1 N–H and O–H groups in total. The fourth-order valence-corrected chi connectivity index (χ4v) is 2.98. The van der Waals surface area contributed by atoms with Gasteiger partial charge in [0.05, 0.1) is 12.5 Å². The number of carbonyl (C=O) groups excluding carboxylic acids is 1. The summed E-state index contributed by atoms with van der Waals surface area (Å²) in [6.45, 7) is 0.268. The summed E-state index contributed by atoms with van der Waals surface area (Å²) in [5.74, 6) is -0.362. The molecule has 1 atom stereocenters. The van der Waals surface area contributed by atoms with Crippen molar-refractivity contribution in [3.8, 4) is 0 Å². The van der Waals surface area contributed by atoms with Crippen LogP contribution in [0.1, 0.15) is 5.56 Å². The van der Waals surface area contributed by atoms with Gasteiger partial charge in [-0.2, -0.15) is 0 Å². The number of rotatable bonds is 5. The van der Waals surface area contributed by atoms with Crippen molar-refractivity contribution in [2.45, 2.75) is 12.6 Å². The fourth-order valence-electron chi connectivity index (χ4n) is 1.81. The number of hydrogen-bond donors (Lipinski definition) is 1. The van der Waals surface area contributed by atoms with Gasteiger partial charge in [-0.05, 0) is 5.56 Å². The van der Waals surface area contributed by atoms with E-state index in [1.54, 1.807) is 0 Å². The molecule has 1 aromatic carbocycles. The Labute approximate surface area is 115 Å². The Morgan fingerprint density at radius 1 is 1.37 bits per heavy atom. The molecule has 1 aliphatic rings. The van der Waals surface area contributed by atoms with E-state index in [0.29, 0.717) is 18.2 Å². The van der Waals surface area contributed by atoms with Crippen molar-refractivity contribution in [1.82, 2.24) is 4.90 Å². The number of nitrogens with zero attached hydrogens (tertiary/aromatic N) is 1. The maximum Gasteiger partial charge on any atom is 0.327 e. The molecule has 0 bridgehead atoms. The topological polar surface area (TPSA) is 66.8 Å². The summed E-state index contributed by atoms with van der Waals surface area (Å²) < 4.78 is 5.33. The number of carbonyl (C=O) groups is 2. The van der Waals surface area contributed by atoms with E-state index in [-0.39, 0.29) is 12.5 Å². The second-order valence-electron chi connectivity index (χ2n) is 4.20. The predicted octanol–water partition coefficient (Wildman–Crippen LogP) is 1.19. The van der Waals surface area contributed by atoms with Gasteiger partial charge in [0.15, 0.2) is 0 Å². The molecule has 1 aromatic rings. The molecule has 0 aliphatic carbocycles. The van der Waals surface area contributed by atoms with Crippen molar-refractivity contribution >= 4 is 23.6 Å². The number of amides is 1. The van der Waals surface area contributed by atoms with Crippen LogP contribution in [0.4, 0.5) is 0 Å². The molecule has 102 valence electrons. The van der Waals surface area contributed by atoms with Crippen molar-refractivity contribution in [3.63, 3.8) is 0 Å². The Bertz CT molecular complexity index is 451. The maximum absolute atomic E-state index is 11.9. The van der Waals surface area contributed by atoms with Crippen LogP contribution in [0, 0.1) is 0 Å². The summed E-state index contributed by atoms with van der Waals surface area (Å²) in [5.41, 5.74) is 0.987. The van der Waals surface area contributed by atoms with Gasteiger partial charge in [-0.25, -0.2) is 4.79 Å². The molecule has 1 amide bonds. The Kier molecular flexibility index (Phi) is 4.81. The van der Waals surface area contributed by atoms with Gasteiger partial charge in [-0.15, -0.1) is 11.8 Å². The maximum atomic E-state index is 11.9. The Hall–Kier alpha value is -1.53. The van der Waals surface area contributed by atoms with E-state index in [9.17, 15) is 9.59 Å². The lowest BCUT2D eigenvalue weighted by Gasteiger charge is -2.20. The summed E-state index contributed by atoms with van der Waals surface area (Å²) in [7, 11) is 0. The standard InChI is InChI=1S/C13H15NO4S/c15-12(14-9-19-8-11(14)13(16)17)7-18-6-10-4-2-1-3-5-10/h1-5,11H,6-9H2,(H,16,17). The van der Waals surface area contributed by atoms with Crippen LogP contribution in [-0.2, 0) is 20.9 Å². The Balaban J connectivity index is 1.80. The van der Waals surface area contributed by atoms with Crippen LogP contribution in [0.5, 0.6) is 0 Å². The van der Waals surface area contributed by atoms with Crippen LogP contribution in [0.15, 0.2) is 30.3 Å². The highest BCUT2D eigenvalue weighted by Gasteiger charge is 2.34. The first-order chi connectivity index (χ1) is 9.18. The van der Waals surface area contributed by atoms with Gasteiger partial charge < -0.3 is 14.7 Å². The lowest BCUT2D eigenvalue weighted by Crippen LogP contribution is -2.43. The van der Waals surface area contributed by atoms with Crippen LogP contribution in [-0.4, -0.2) is 46.2 Å². The van der Waals surface area contributed by atoms with Gasteiger partial charge in [0, 0.05) is 5.75 Å². The zero-order valence-corrected chi connectivity index (χ0v) is 11.1. The van der Waals surface area contributed by atoms with Gasteiger partial charge in [0.1, 0.15) is 12.6 Å². The predicted molar refractivity (Wildman–Crippen MR) is 71.7 cm³/mol. The SMILES string of the molecule is O=C(O)C1CSCN1C(=O)COCc1ccccc1. The molecule has 19 heavy (non-hydrogen) atoms. The second kappa shape index (κ2) is 6.58. The smallest absolute Gasteiger partial charge is 0.327 e. The number of ether oxygens (including phenoxy) is 1. The van der Waals surface area contributed by atoms with Crippen LogP contribution < -0.4 is 0 Å². The van der Waals surface area contributed by atoms with Gasteiger partial charge in [-0.1, -0.05) is 30.3 Å². The highest BCUT2D eigenvalue weighted by molar-refractivity contribution is 7.99. The van der Waals surface area contributed by atoms with E-state index in [2.05, 4.69) is 0 Å². The number of aliphatic carboxylic acids is 1. The Morgan fingerprint density at radius 3 is 2.79 bits per heavy atom. The van der Waals surface area contributed by atoms with Crippen molar-refractivity contribution in [3.05, 3.63) is 35.9 Å². The molecule has 1 saturated heterocycles.